The number of halogens is 1. The predicted octanol–water partition coefficient (Wildman–Crippen LogP) is 2.02. The number of carbonyl (C=O) groups is 2. The van der Waals surface area contributed by atoms with Crippen molar-refractivity contribution in [2.45, 2.75) is 19.4 Å². The topological polar surface area (TPSA) is 93.4 Å². The lowest BCUT2D eigenvalue weighted by atomic mass is 10.0. The number of benzene rings is 1. The zero-order valence-corrected chi connectivity index (χ0v) is 11.3. The standard InChI is InChI=1S/C14H14FN3O3/c1-8-4-5-18(12(8)13(19)20)14(21)17-11-3-2-9(7-16)6-10(11)15/h2-3,6,8,12H,4-5H2,1H3,(H,17,21)(H,19,20). The third kappa shape index (κ3) is 2.94. The molecule has 2 unspecified atom stereocenters. The molecule has 2 amide bonds. The Hall–Kier alpha value is -2.62. The summed E-state index contributed by atoms with van der Waals surface area (Å²) in [6.45, 7) is 2.07. The van der Waals surface area contributed by atoms with Crippen molar-refractivity contribution in [3.63, 3.8) is 0 Å². The number of carboxylic acid groups (broad SMARTS) is 1. The van der Waals surface area contributed by atoms with Crippen molar-refractivity contribution in [2.24, 2.45) is 5.92 Å². The summed E-state index contributed by atoms with van der Waals surface area (Å²) in [6.07, 6.45) is 0.584. The zero-order valence-electron chi connectivity index (χ0n) is 11.3. The van der Waals surface area contributed by atoms with E-state index >= 15 is 0 Å². The molecule has 0 saturated carbocycles. The summed E-state index contributed by atoms with van der Waals surface area (Å²) in [5.41, 5.74) is 0.0615. The van der Waals surface area contributed by atoms with Crippen molar-refractivity contribution in [3.8, 4) is 6.07 Å². The van der Waals surface area contributed by atoms with Crippen molar-refractivity contribution in [2.75, 3.05) is 11.9 Å². The summed E-state index contributed by atoms with van der Waals surface area (Å²) in [5.74, 6) is -1.96. The summed E-state index contributed by atoms with van der Waals surface area (Å²) < 4.78 is 13.7. The van der Waals surface area contributed by atoms with E-state index in [9.17, 15) is 14.0 Å². The Balaban J connectivity index is 2.15. The molecule has 21 heavy (non-hydrogen) atoms. The maximum atomic E-state index is 13.7. The molecule has 1 fully saturated rings. The molecule has 1 saturated heterocycles. The highest BCUT2D eigenvalue weighted by Gasteiger charge is 2.39. The number of nitrogens with one attached hydrogen (secondary N) is 1. The van der Waals surface area contributed by atoms with Crippen LogP contribution < -0.4 is 5.32 Å². The Morgan fingerprint density at radius 3 is 2.81 bits per heavy atom. The largest absolute Gasteiger partial charge is 0.480 e. The van der Waals surface area contributed by atoms with E-state index in [0.717, 1.165) is 6.07 Å². The van der Waals surface area contributed by atoms with Gasteiger partial charge in [-0.1, -0.05) is 6.92 Å². The summed E-state index contributed by atoms with van der Waals surface area (Å²) in [5, 5.41) is 20.2. The summed E-state index contributed by atoms with van der Waals surface area (Å²) >= 11 is 0. The minimum Gasteiger partial charge on any atom is -0.480 e. The molecule has 0 spiro atoms. The van der Waals surface area contributed by atoms with Crippen LogP contribution in [0, 0.1) is 23.1 Å². The van der Waals surface area contributed by atoms with Gasteiger partial charge < -0.3 is 15.3 Å². The van der Waals surface area contributed by atoms with Gasteiger partial charge in [0.15, 0.2) is 0 Å². The SMILES string of the molecule is CC1CCN(C(=O)Nc2ccc(C#N)cc2F)C1C(=O)O. The average molecular weight is 291 g/mol. The second-order valence-electron chi connectivity index (χ2n) is 4.98. The number of amides is 2. The van der Waals surface area contributed by atoms with Crippen LogP contribution in [0.3, 0.4) is 0 Å². The van der Waals surface area contributed by atoms with Crippen LogP contribution >= 0.6 is 0 Å². The molecule has 0 aliphatic carbocycles. The van der Waals surface area contributed by atoms with Crippen LogP contribution in [0.25, 0.3) is 0 Å². The monoisotopic (exact) mass is 291 g/mol. The van der Waals surface area contributed by atoms with E-state index in [1.807, 2.05) is 0 Å². The Kier molecular flexibility index (Phi) is 4.08. The van der Waals surface area contributed by atoms with E-state index in [4.69, 9.17) is 10.4 Å². The van der Waals surface area contributed by atoms with E-state index in [2.05, 4.69) is 5.32 Å². The van der Waals surface area contributed by atoms with E-state index in [-0.39, 0.29) is 17.2 Å². The predicted molar refractivity (Wildman–Crippen MR) is 72.0 cm³/mol. The lowest BCUT2D eigenvalue weighted by molar-refractivity contribution is -0.142. The summed E-state index contributed by atoms with van der Waals surface area (Å²) in [6, 6.07) is 3.89. The molecule has 2 rings (SSSR count). The molecule has 1 aliphatic heterocycles. The minimum absolute atomic E-state index is 0.0808. The first kappa shape index (κ1) is 14.8. The smallest absolute Gasteiger partial charge is 0.326 e. The fraction of sp³-hybridized carbons (Fsp3) is 0.357. The number of likely N-dealkylation sites (tertiary alicyclic amines) is 1. The number of urea groups is 1. The maximum Gasteiger partial charge on any atom is 0.326 e. The molecular weight excluding hydrogens is 277 g/mol. The molecule has 0 aromatic heterocycles. The van der Waals surface area contributed by atoms with Gasteiger partial charge in [-0.15, -0.1) is 0 Å². The first-order valence-corrected chi connectivity index (χ1v) is 6.44. The first-order valence-electron chi connectivity index (χ1n) is 6.44. The van der Waals surface area contributed by atoms with E-state index in [1.165, 1.54) is 17.0 Å². The average Bonchev–Trinajstić information content (AvgIpc) is 2.83. The number of hydrogen-bond donors (Lipinski definition) is 2. The normalized spacial score (nSPS) is 20.9. The van der Waals surface area contributed by atoms with Crippen molar-refractivity contribution >= 4 is 17.7 Å². The highest BCUT2D eigenvalue weighted by Crippen LogP contribution is 2.25. The Morgan fingerprint density at radius 1 is 1.52 bits per heavy atom. The zero-order chi connectivity index (χ0) is 15.6. The van der Waals surface area contributed by atoms with Gasteiger partial charge in [-0.05, 0) is 30.5 Å². The highest BCUT2D eigenvalue weighted by molar-refractivity contribution is 5.93. The van der Waals surface area contributed by atoms with Gasteiger partial charge in [-0.25, -0.2) is 14.0 Å². The molecular formula is C14H14FN3O3. The minimum atomic E-state index is -1.07. The van der Waals surface area contributed by atoms with Gasteiger partial charge in [0, 0.05) is 6.54 Å². The molecule has 6 nitrogen and oxygen atoms in total. The number of aliphatic carboxylic acids is 1. The second kappa shape index (κ2) is 5.79. The van der Waals surface area contributed by atoms with E-state index < -0.39 is 23.9 Å². The number of hydrogen-bond acceptors (Lipinski definition) is 3. The van der Waals surface area contributed by atoms with Crippen LogP contribution in [0.1, 0.15) is 18.9 Å². The number of rotatable bonds is 2. The molecule has 0 bridgehead atoms. The van der Waals surface area contributed by atoms with Gasteiger partial charge in [0.25, 0.3) is 0 Å². The first-order chi connectivity index (χ1) is 9.93. The number of carbonyl (C=O) groups excluding carboxylic acids is 1. The molecule has 1 aromatic rings. The Labute approximate surface area is 120 Å². The maximum absolute atomic E-state index is 13.7. The van der Waals surface area contributed by atoms with E-state index in [1.54, 1.807) is 13.0 Å². The molecule has 1 aliphatic rings. The van der Waals surface area contributed by atoms with Crippen molar-refractivity contribution in [1.29, 1.82) is 5.26 Å². The highest BCUT2D eigenvalue weighted by atomic mass is 19.1. The Morgan fingerprint density at radius 2 is 2.24 bits per heavy atom. The van der Waals surface area contributed by atoms with Crippen LogP contribution in [0.2, 0.25) is 0 Å². The van der Waals surface area contributed by atoms with Gasteiger partial charge in [0.2, 0.25) is 0 Å². The number of nitriles is 1. The number of nitrogens with zero attached hydrogens (tertiary/aromatic N) is 2. The lowest BCUT2D eigenvalue weighted by Gasteiger charge is -2.23. The third-order valence-corrected chi connectivity index (χ3v) is 3.55. The van der Waals surface area contributed by atoms with Crippen LogP contribution in [-0.4, -0.2) is 34.6 Å². The van der Waals surface area contributed by atoms with Crippen molar-refractivity contribution in [1.82, 2.24) is 4.90 Å². The van der Waals surface area contributed by atoms with Gasteiger partial charge in [0.05, 0.1) is 17.3 Å². The molecule has 1 heterocycles. The number of carboxylic acids is 1. The van der Waals surface area contributed by atoms with Gasteiger partial charge in [-0.3, -0.25) is 0 Å². The fourth-order valence-corrected chi connectivity index (χ4v) is 2.42. The van der Waals surface area contributed by atoms with Gasteiger partial charge in [0.1, 0.15) is 11.9 Å². The number of anilines is 1. The molecule has 0 radical (unpaired) electrons. The van der Waals surface area contributed by atoms with Crippen molar-refractivity contribution < 1.29 is 19.1 Å². The molecule has 1 aromatic carbocycles. The van der Waals surface area contributed by atoms with Crippen LogP contribution in [0.5, 0.6) is 0 Å². The van der Waals surface area contributed by atoms with Crippen molar-refractivity contribution in [3.05, 3.63) is 29.6 Å². The molecule has 2 N–H and O–H groups in total. The quantitative estimate of drug-likeness (QED) is 0.871. The van der Waals surface area contributed by atoms with Gasteiger partial charge in [-0.2, -0.15) is 5.26 Å². The third-order valence-electron chi connectivity index (χ3n) is 3.55. The second-order valence-corrected chi connectivity index (χ2v) is 4.98. The lowest BCUT2D eigenvalue weighted by Crippen LogP contribution is -2.44. The summed E-state index contributed by atoms with van der Waals surface area (Å²) in [7, 11) is 0. The van der Waals surface area contributed by atoms with Crippen LogP contribution in [0.15, 0.2) is 18.2 Å². The summed E-state index contributed by atoms with van der Waals surface area (Å²) in [4.78, 5) is 24.5. The fourth-order valence-electron chi connectivity index (χ4n) is 2.42. The van der Waals surface area contributed by atoms with Gasteiger partial charge >= 0.3 is 12.0 Å². The van der Waals surface area contributed by atoms with Crippen LogP contribution in [-0.2, 0) is 4.79 Å². The van der Waals surface area contributed by atoms with Crippen LogP contribution in [0.4, 0.5) is 14.9 Å². The molecule has 7 heteroatoms. The molecule has 2 atom stereocenters. The Bertz CT molecular complexity index is 626. The molecule has 110 valence electrons. The van der Waals surface area contributed by atoms with E-state index in [0.29, 0.717) is 13.0 Å².